The van der Waals surface area contributed by atoms with E-state index >= 15 is 0 Å². The normalized spacial score (nSPS) is 9.89. The molecule has 0 radical (unpaired) electrons. The number of amides is 1. The first kappa shape index (κ1) is 19.8. The first-order chi connectivity index (χ1) is 12.9. The number of benzene rings is 1. The summed E-state index contributed by atoms with van der Waals surface area (Å²) in [5.74, 6) is 0.637. The molecule has 0 aliphatic heterocycles. The lowest BCUT2D eigenvalue weighted by atomic mass is 10.2. The highest BCUT2D eigenvalue weighted by Gasteiger charge is 2.16. The Morgan fingerprint density at radius 1 is 1.11 bits per heavy atom. The standard InChI is InChI=1S/C15H17N5O6S/c1-24-11-4-8(5-12(25-2)13(11)26-3)17-15(27)19-18-14(21)10-6-9(7-16-10)20(22)23/h4-7,16H,1-3H3,(H,18,21)(H2,17,19,27). The molecular weight excluding hydrogens is 378 g/mol. The van der Waals surface area contributed by atoms with E-state index in [1.807, 2.05) is 0 Å². The van der Waals surface area contributed by atoms with E-state index in [1.54, 1.807) is 12.1 Å². The molecule has 2 rings (SSSR count). The fourth-order valence-electron chi connectivity index (χ4n) is 2.12. The molecule has 2 aromatic rings. The molecule has 0 bridgehead atoms. The Labute approximate surface area is 159 Å². The Bertz CT molecular complexity index is 843. The topological polar surface area (TPSA) is 140 Å². The Kier molecular flexibility index (Phi) is 6.38. The third-order valence-corrected chi connectivity index (χ3v) is 3.54. The molecule has 0 atom stereocenters. The smallest absolute Gasteiger partial charge is 0.287 e. The molecule has 0 fully saturated rings. The zero-order chi connectivity index (χ0) is 20.0. The monoisotopic (exact) mass is 395 g/mol. The van der Waals surface area contributed by atoms with Crippen LogP contribution in [-0.2, 0) is 0 Å². The maximum absolute atomic E-state index is 12.0. The van der Waals surface area contributed by atoms with E-state index in [-0.39, 0.29) is 16.5 Å². The van der Waals surface area contributed by atoms with Crippen LogP contribution in [0.15, 0.2) is 24.4 Å². The first-order valence-electron chi connectivity index (χ1n) is 7.39. The molecular formula is C15H17N5O6S. The molecule has 4 N–H and O–H groups in total. The average Bonchev–Trinajstić information content (AvgIpc) is 3.15. The van der Waals surface area contributed by atoms with E-state index in [4.69, 9.17) is 26.4 Å². The van der Waals surface area contributed by atoms with Crippen LogP contribution in [0.4, 0.5) is 11.4 Å². The minimum atomic E-state index is -0.628. The van der Waals surface area contributed by atoms with E-state index in [1.165, 1.54) is 21.3 Å². The molecule has 0 aliphatic carbocycles. The summed E-state index contributed by atoms with van der Waals surface area (Å²) in [6, 6.07) is 4.36. The molecule has 1 aromatic heterocycles. The summed E-state index contributed by atoms with van der Waals surface area (Å²) in [4.78, 5) is 24.5. The van der Waals surface area contributed by atoms with Crippen molar-refractivity contribution in [1.82, 2.24) is 15.8 Å². The van der Waals surface area contributed by atoms with Gasteiger partial charge in [-0.2, -0.15) is 0 Å². The minimum absolute atomic E-state index is 0.00443. The molecule has 27 heavy (non-hydrogen) atoms. The summed E-state index contributed by atoms with van der Waals surface area (Å²) in [5, 5.41) is 13.5. The van der Waals surface area contributed by atoms with Gasteiger partial charge in [0.05, 0.1) is 32.4 Å². The van der Waals surface area contributed by atoms with Crippen molar-refractivity contribution in [2.45, 2.75) is 0 Å². The van der Waals surface area contributed by atoms with Crippen LogP contribution >= 0.6 is 12.2 Å². The third kappa shape index (κ3) is 4.76. The van der Waals surface area contributed by atoms with Crippen molar-refractivity contribution in [2.75, 3.05) is 26.6 Å². The molecule has 11 nitrogen and oxygen atoms in total. The van der Waals surface area contributed by atoms with Crippen LogP contribution < -0.4 is 30.4 Å². The number of hydrogen-bond acceptors (Lipinski definition) is 7. The van der Waals surface area contributed by atoms with E-state index in [0.29, 0.717) is 22.9 Å². The van der Waals surface area contributed by atoms with Crippen molar-refractivity contribution >= 4 is 34.6 Å². The predicted molar refractivity (Wildman–Crippen MR) is 100 cm³/mol. The maximum Gasteiger partial charge on any atom is 0.287 e. The summed E-state index contributed by atoms with van der Waals surface area (Å²) in [6.45, 7) is 0. The second kappa shape index (κ2) is 8.71. The van der Waals surface area contributed by atoms with Crippen molar-refractivity contribution in [1.29, 1.82) is 0 Å². The fraction of sp³-hybridized carbons (Fsp3) is 0.200. The molecule has 0 saturated heterocycles. The van der Waals surface area contributed by atoms with Crippen molar-refractivity contribution in [3.8, 4) is 17.2 Å². The van der Waals surface area contributed by atoms with E-state index < -0.39 is 10.8 Å². The van der Waals surface area contributed by atoms with Crippen molar-refractivity contribution in [3.05, 3.63) is 40.2 Å². The van der Waals surface area contributed by atoms with Crippen molar-refractivity contribution in [2.24, 2.45) is 0 Å². The molecule has 1 heterocycles. The number of anilines is 1. The van der Waals surface area contributed by atoms with E-state index in [0.717, 1.165) is 12.3 Å². The number of aromatic nitrogens is 1. The summed E-state index contributed by atoms with van der Waals surface area (Å²) < 4.78 is 15.7. The third-order valence-electron chi connectivity index (χ3n) is 3.34. The zero-order valence-corrected chi connectivity index (χ0v) is 15.4. The van der Waals surface area contributed by atoms with Gasteiger partial charge in [-0.05, 0) is 12.2 Å². The second-order valence-corrected chi connectivity index (χ2v) is 5.38. The molecule has 1 amide bonds. The molecule has 0 saturated carbocycles. The SMILES string of the molecule is COc1cc(NC(=S)NNC(=O)c2cc([N+](=O)[O-])c[nH]2)cc(OC)c1OC. The van der Waals surface area contributed by atoms with Gasteiger partial charge in [0.25, 0.3) is 11.6 Å². The summed E-state index contributed by atoms with van der Waals surface area (Å²) in [6.07, 6.45) is 1.11. The van der Waals surface area contributed by atoms with Crippen LogP contribution in [0.1, 0.15) is 10.5 Å². The van der Waals surface area contributed by atoms with Gasteiger partial charge in [-0.1, -0.05) is 0 Å². The number of nitrogens with zero attached hydrogens (tertiary/aromatic N) is 1. The Morgan fingerprint density at radius 3 is 2.22 bits per heavy atom. The average molecular weight is 395 g/mol. The van der Waals surface area contributed by atoms with Gasteiger partial charge in [-0.15, -0.1) is 0 Å². The fourth-order valence-corrected chi connectivity index (χ4v) is 2.28. The largest absolute Gasteiger partial charge is 0.493 e. The van der Waals surface area contributed by atoms with Gasteiger partial charge in [0.1, 0.15) is 5.69 Å². The van der Waals surface area contributed by atoms with Gasteiger partial charge in [0, 0.05) is 23.9 Å². The molecule has 1 aromatic carbocycles. The summed E-state index contributed by atoms with van der Waals surface area (Å²) in [5.41, 5.74) is 5.11. The van der Waals surface area contributed by atoms with Gasteiger partial charge in [-0.3, -0.25) is 25.8 Å². The number of nitro groups is 1. The van der Waals surface area contributed by atoms with Crippen LogP contribution in [0, 0.1) is 10.1 Å². The van der Waals surface area contributed by atoms with Crippen LogP contribution in [0.5, 0.6) is 17.2 Å². The number of carbonyl (C=O) groups excluding carboxylic acids is 1. The lowest BCUT2D eigenvalue weighted by Gasteiger charge is -2.16. The summed E-state index contributed by atoms with van der Waals surface area (Å²) in [7, 11) is 4.45. The predicted octanol–water partition coefficient (Wildman–Crippen LogP) is 1.58. The van der Waals surface area contributed by atoms with Gasteiger partial charge < -0.3 is 24.5 Å². The number of methoxy groups -OCH3 is 3. The van der Waals surface area contributed by atoms with Gasteiger partial charge >= 0.3 is 0 Å². The summed E-state index contributed by atoms with van der Waals surface area (Å²) >= 11 is 5.10. The molecule has 144 valence electrons. The highest BCUT2D eigenvalue weighted by molar-refractivity contribution is 7.80. The molecule has 12 heteroatoms. The van der Waals surface area contributed by atoms with Crippen LogP contribution in [0.3, 0.4) is 0 Å². The van der Waals surface area contributed by atoms with Crippen molar-refractivity contribution < 1.29 is 23.9 Å². The zero-order valence-electron chi connectivity index (χ0n) is 14.6. The molecule has 0 unspecified atom stereocenters. The lowest BCUT2D eigenvalue weighted by molar-refractivity contribution is -0.384. The first-order valence-corrected chi connectivity index (χ1v) is 7.80. The number of H-pyrrole nitrogens is 1. The number of aromatic amines is 1. The van der Waals surface area contributed by atoms with Gasteiger partial charge in [0.15, 0.2) is 16.6 Å². The number of rotatable bonds is 6. The Morgan fingerprint density at radius 2 is 1.74 bits per heavy atom. The highest BCUT2D eigenvalue weighted by atomic mass is 32.1. The van der Waals surface area contributed by atoms with E-state index in [2.05, 4.69) is 21.2 Å². The highest BCUT2D eigenvalue weighted by Crippen LogP contribution is 2.39. The van der Waals surface area contributed by atoms with Crippen LogP contribution in [-0.4, -0.2) is 42.3 Å². The second-order valence-electron chi connectivity index (χ2n) is 4.98. The van der Waals surface area contributed by atoms with E-state index in [9.17, 15) is 14.9 Å². The Hall–Kier alpha value is -3.54. The Balaban J connectivity index is 2.00. The number of hydrogen-bond donors (Lipinski definition) is 4. The van der Waals surface area contributed by atoms with Crippen molar-refractivity contribution in [3.63, 3.8) is 0 Å². The van der Waals surface area contributed by atoms with Crippen LogP contribution in [0.2, 0.25) is 0 Å². The number of ether oxygens (including phenoxy) is 3. The number of nitrogens with one attached hydrogen (secondary N) is 4. The maximum atomic E-state index is 12.0. The van der Waals surface area contributed by atoms with Crippen LogP contribution in [0.25, 0.3) is 0 Å². The molecule has 0 spiro atoms. The minimum Gasteiger partial charge on any atom is -0.493 e. The van der Waals surface area contributed by atoms with Gasteiger partial charge in [0.2, 0.25) is 5.75 Å². The number of carbonyl (C=O) groups is 1. The quantitative estimate of drug-likeness (QED) is 0.326. The van der Waals surface area contributed by atoms with Gasteiger partial charge in [-0.25, -0.2) is 0 Å². The number of hydrazine groups is 1. The number of thiocarbonyl (C=S) groups is 1. The lowest BCUT2D eigenvalue weighted by Crippen LogP contribution is -2.43. The molecule has 0 aliphatic rings.